The number of hydrogen-bond donors (Lipinski definition) is 1. The first-order valence-corrected chi connectivity index (χ1v) is 8.07. The monoisotopic (exact) mass is 325 g/mol. The molecule has 1 aromatic rings. The normalized spacial score (nSPS) is 18.6. The van der Waals surface area contributed by atoms with Gasteiger partial charge in [-0.05, 0) is 36.5 Å². The van der Waals surface area contributed by atoms with Crippen LogP contribution < -0.4 is 4.90 Å². The van der Waals surface area contributed by atoms with E-state index in [2.05, 4.69) is 46.8 Å². The molecule has 0 aliphatic carbocycles. The van der Waals surface area contributed by atoms with Crippen molar-refractivity contribution in [2.24, 2.45) is 5.41 Å². The van der Waals surface area contributed by atoms with Crippen molar-refractivity contribution < 1.29 is 5.11 Å². The molecule has 1 aliphatic rings. The maximum Gasteiger partial charge on any atom is 0.0702 e. The number of rotatable bonds is 4. The fourth-order valence-electron chi connectivity index (χ4n) is 3.17. The van der Waals surface area contributed by atoms with Crippen LogP contribution in [-0.2, 0) is 6.61 Å². The number of piperidine rings is 1. The summed E-state index contributed by atoms with van der Waals surface area (Å²) in [6.07, 6.45) is 5.09. The lowest BCUT2D eigenvalue weighted by atomic mass is 9.74. The highest BCUT2D eigenvalue weighted by atomic mass is 79.9. The van der Waals surface area contributed by atoms with Crippen molar-refractivity contribution in [3.8, 4) is 0 Å². The largest absolute Gasteiger partial charge is 0.392 e. The maximum atomic E-state index is 9.52. The van der Waals surface area contributed by atoms with Crippen LogP contribution in [0.3, 0.4) is 0 Å². The molecular formula is C16H24BrNO. The van der Waals surface area contributed by atoms with Crippen molar-refractivity contribution in [1.29, 1.82) is 0 Å². The number of anilines is 1. The minimum Gasteiger partial charge on any atom is -0.392 e. The van der Waals surface area contributed by atoms with Gasteiger partial charge in [0.2, 0.25) is 0 Å². The third-order valence-electron chi connectivity index (χ3n) is 4.88. The van der Waals surface area contributed by atoms with Crippen LogP contribution in [-0.4, -0.2) is 18.2 Å². The third kappa shape index (κ3) is 3.14. The zero-order valence-corrected chi connectivity index (χ0v) is 13.5. The molecule has 0 saturated carbocycles. The SMILES string of the molecule is CCC1(CC)CCN(c2ccc(Br)cc2CO)CC1. The fraction of sp³-hybridized carbons (Fsp3) is 0.625. The summed E-state index contributed by atoms with van der Waals surface area (Å²) in [4.78, 5) is 2.43. The van der Waals surface area contributed by atoms with E-state index in [9.17, 15) is 5.11 Å². The molecular weight excluding hydrogens is 302 g/mol. The van der Waals surface area contributed by atoms with Gasteiger partial charge in [0, 0.05) is 28.8 Å². The van der Waals surface area contributed by atoms with E-state index in [1.807, 2.05) is 6.07 Å². The third-order valence-corrected chi connectivity index (χ3v) is 5.37. The van der Waals surface area contributed by atoms with E-state index < -0.39 is 0 Å². The van der Waals surface area contributed by atoms with Crippen LogP contribution in [0.5, 0.6) is 0 Å². The molecule has 1 N–H and O–H groups in total. The van der Waals surface area contributed by atoms with Gasteiger partial charge in [-0.2, -0.15) is 0 Å². The van der Waals surface area contributed by atoms with Crippen LogP contribution >= 0.6 is 15.9 Å². The summed E-state index contributed by atoms with van der Waals surface area (Å²) in [5, 5.41) is 9.52. The van der Waals surface area contributed by atoms with Gasteiger partial charge >= 0.3 is 0 Å². The first-order valence-electron chi connectivity index (χ1n) is 7.28. The van der Waals surface area contributed by atoms with E-state index in [-0.39, 0.29) is 6.61 Å². The molecule has 2 nitrogen and oxygen atoms in total. The van der Waals surface area contributed by atoms with Crippen LogP contribution in [0.2, 0.25) is 0 Å². The average Bonchev–Trinajstić information content (AvgIpc) is 2.47. The lowest BCUT2D eigenvalue weighted by molar-refractivity contribution is 0.199. The maximum absolute atomic E-state index is 9.52. The summed E-state index contributed by atoms with van der Waals surface area (Å²) in [6.45, 7) is 6.96. The van der Waals surface area contributed by atoms with Crippen LogP contribution in [0.4, 0.5) is 5.69 Å². The summed E-state index contributed by atoms with van der Waals surface area (Å²) in [6, 6.07) is 6.22. The minimum absolute atomic E-state index is 0.109. The second-order valence-electron chi connectivity index (χ2n) is 5.63. The van der Waals surface area contributed by atoms with Gasteiger partial charge in [0.15, 0.2) is 0 Å². The van der Waals surface area contributed by atoms with Crippen molar-refractivity contribution in [3.05, 3.63) is 28.2 Å². The molecule has 0 spiro atoms. The molecule has 1 aromatic carbocycles. The Kier molecular flexibility index (Phi) is 4.91. The quantitative estimate of drug-likeness (QED) is 0.889. The average molecular weight is 326 g/mol. The summed E-state index contributed by atoms with van der Waals surface area (Å²) in [7, 11) is 0. The lowest BCUT2D eigenvalue weighted by Crippen LogP contribution is -2.40. The van der Waals surface area contributed by atoms with Gasteiger partial charge in [-0.3, -0.25) is 0 Å². The highest BCUT2D eigenvalue weighted by molar-refractivity contribution is 9.10. The van der Waals surface area contributed by atoms with Crippen molar-refractivity contribution in [2.45, 2.75) is 46.1 Å². The minimum atomic E-state index is 0.109. The first kappa shape index (κ1) is 14.9. The molecule has 1 fully saturated rings. The van der Waals surface area contributed by atoms with E-state index in [0.29, 0.717) is 5.41 Å². The molecule has 3 heteroatoms. The number of halogens is 1. The Bertz CT molecular complexity index is 419. The van der Waals surface area contributed by atoms with E-state index in [4.69, 9.17) is 0 Å². The smallest absolute Gasteiger partial charge is 0.0702 e. The van der Waals surface area contributed by atoms with Crippen molar-refractivity contribution >= 4 is 21.6 Å². The molecule has 0 unspecified atom stereocenters. The summed E-state index contributed by atoms with van der Waals surface area (Å²) in [5.41, 5.74) is 2.77. The predicted octanol–water partition coefficient (Wildman–Crippen LogP) is 4.35. The predicted molar refractivity (Wildman–Crippen MR) is 84.5 cm³/mol. The van der Waals surface area contributed by atoms with Crippen LogP contribution in [0.15, 0.2) is 22.7 Å². The summed E-state index contributed by atoms with van der Waals surface area (Å²) in [5.74, 6) is 0. The zero-order chi connectivity index (χ0) is 13.9. The van der Waals surface area contributed by atoms with Crippen molar-refractivity contribution in [2.75, 3.05) is 18.0 Å². The molecule has 0 radical (unpaired) electrons. The lowest BCUT2D eigenvalue weighted by Gasteiger charge is -2.42. The second kappa shape index (κ2) is 6.27. The molecule has 1 aliphatic heterocycles. The molecule has 1 saturated heterocycles. The zero-order valence-electron chi connectivity index (χ0n) is 12.0. The molecule has 0 aromatic heterocycles. The van der Waals surface area contributed by atoms with Gasteiger partial charge < -0.3 is 10.0 Å². The topological polar surface area (TPSA) is 23.5 Å². The van der Waals surface area contributed by atoms with E-state index in [1.54, 1.807) is 0 Å². The van der Waals surface area contributed by atoms with E-state index in [1.165, 1.54) is 31.4 Å². The highest BCUT2D eigenvalue weighted by Gasteiger charge is 2.31. The van der Waals surface area contributed by atoms with Crippen molar-refractivity contribution in [3.63, 3.8) is 0 Å². The number of aliphatic hydroxyl groups excluding tert-OH is 1. The summed E-state index contributed by atoms with van der Waals surface area (Å²) < 4.78 is 1.04. The van der Waals surface area contributed by atoms with Gasteiger partial charge in [-0.15, -0.1) is 0 Å². The van der Waals surface area contributed by atoms with Gasteiger partial charge in [0.05, 0.1) is 6.61 Å². The van der Waals surface area contributed by atoms with E-state index in [0.717, 1.165) is 23.1 Å². The fourth-order valence-corrected chi connectivity index (χ4v) is 3.58. The molecule has 0 amide bonds. The number of hydrogen-bond acceptors (Lipinski definition) is 2. The Morgan fingerprint density at radius 2 is 1.84 bits per heavy atom. The van der Waals surface area contributed by atoms with Crippen molar-refractivity contribution in [1.82, 2.24) is 0 Å². The molecule has 19 heavy (non-hydrogen) atoms. The highest BCUT2D eigenvalue weighted by Crippen LogP contribution is 2.39. The van der Waals surface area contributed by atoms with Crippen LogP contribution in [0.25, 0.3) is 0 Å². The Hall–Kier alpha value is -0.540. The van der Waals surface area contributed by atoms with Crippen LogP contribution in [0.1, 0.15) is 45.1 Å². The van der Waals surface area contributed by atoms with Crippen LogP contribution in [0, 0.1) is 5.41 Å². The van der Waals surface area contributed by atoms with Gasteiger partial charge in [0.25, 0.3) is 0 Å². The Morgan fingerprint density at radius 1 is 1.21 bits per heavy atom. The van der Waals surface area contributed by atoms with E-state index >= 15 is 0 Å². The standard InChI is InChI=1S/C16H24BrNO/c1-3-16(4-2)7-9-18(10-8-16)15-6-5-14(17)11-13(15)12-19/h5-6,11,19H,3-4,7-10,12H2,1-2H3. The Balaban J connectivity index is 2.13. The molecule has 0 bridgehead atoms. The molecule has 1 heterocycles. The number of nitrogens with zero attached hydrogens (tertiary/aromatic N) is 1. The first-order chi connectivity index (χ1) is 9.14. The molecule has 0 atom stereocenters. The van der Waals surface area contributed by atoms with Gasteiger partial charge in [-0.1, -0.05) is 42.6 Å². The summed E-state index contributed by atoms with van der Waals surface area (Å²) >= 11 is 3.47. The molecule has 2 rings (SSSR count). The van der Waals surface area contributed by atoms with Gasteiger partial charge in [0.1, 0.15) is 0 Å². The number of benzene rings is 1. The molecule has 106 valence electrons. The Morgan fingerprint density at radius 3 is 2.37 bits per heavy atom. The van der Waals surface area contributed by atoms with Gasteiger partial charge in [-0.25, -0.2) is 0 Å². The Labute approximate surface area is 124 Å². The second-order valence-corrected chi connectivity index (χ2v) is 6.54. The number of aliphatic hydroxyl groups is 1.